The third-order valence-corrected chi connectivity index (χ3v) is 11.0. The fourth-order valence-corrected chi connectivity index (χ4v) is 7.18. The minimum atomic E-state index is -0.764. The van der Waals surface area contributed by atoms with E-state index in [0.29, 0.717) is 19.3 Å². The van der Waals surface area contributed by atoms with E-state index in [-0.39, 0.29) is 31.1 Å². The van der Waals surface area contributed by atoms with Gasteiger partial charge in [-0.2, -0.15) is 0 Å². The SMILES string of the molecule is CCCCCCC/C=C\C/C=C\CCCCCCCCCCCC(=O)OCC(COC(=O)CCCCCCCCC)OC(=O)CCCCCCCCCCCCC. The van der Waals surface area contributed by atoms with Crippen molar-refractivity contribution in [3.63, 3.8) is 0 Å². The van der Waals surface area contributed by atoms with Crippen LogP contribution in [0.3, 0.4) is 0 Å². The second kappa shape index (κ2) is 46.6. The third-order valence-electron chi connectivity index (χ3n) is 11.0. The number of hydrogen-bond donors (Lipinski definition) is 0. The smallest absolute Gasteiger partial charge is 0.306 e. The Morgan fingerprint density at radius 1 is 0.351 bits per heavy atom. The molecule has 57 heavy (non-hydrogen) atoms. The molecule has 0 amide bonds. The summed E-state index contributed by atoms with van der Waals surface area (Å²) >= 11 is 0. The Labute approximate surface area is 353 Å². The van der Waals surface area contributed by atoms with E-state index in [1.165, 1.54) is 161 Å². The van der Waals surface area contributed by atoms with Crippen LogP contribution < -0.4 is 0 Å². The predicted octanol–water partition coefficient (Wildman–Crippen LogP) is 16.0. The van der Waals surface area contributed by atoms with Crippen molar-refractivity contribution in [3.05, 3.63) is 24.3 Å². The second-order valence-corrected chi connectivity index (χ2v) is 16.7. The molecule has 0 heterocycles. The van der Waals surface area contributed by atoms with Gasteiger partial charge in [0.25, 0.3) is 0 Å². The van der Waals surface area contributed by atoms with Crippen molar-refractivity contribution in [2.24, 2.45) is 0 Å². The van der Waals surface area contributed by atoms with Crippen LogP contribution in [0.4, 0.5) is 0 Å². The van der Waals surface area contributed by atoms with Gasteiger partial charge in [0.2, 0.25) is 0 Å². The van der Waals surface area contributed by atoms with Crippen molar-refractivity contribution in [3.8, 4) is 0 Å². The predicted molar refractivity (Wildman–Crippen MR) is 243 cm³/mol. The van der Waals surface area contributed by atoms with E-state index in [4.69, 9.17) is 14.2 Å². The standard InChI is InChI=1S/C51H94O6/c1-4-7-10-13-16-18-20-21-22-23-24-25-26-27-28-29-31-32-35-38-41-44-50(53)56-47-48(46-55-49(52)43-40-37-34-15-12-9-6-3)57-51(54)45-42-39-36-33-30-19-17-14-11-8-5-2/h20-21,23-24,48H,4-19,22,25-47H2,1-3H3/b21-20-,24-23-. The molecule has 0 radical (unpaired) electrons. The van der Waals surface area contributed by atoms with Crippen molar-refractivity contribution >= 4 is 17.9 Å². The van der Waals surface area contributed by atoms with Gasteiger partial charge < -0.3 is 14.2 Å². The highest BCUT2D eigenvalue weighted by atomic mass is 16.6. The van der Waals surface area contributed by atoms with E-state index in [1.54, 1.807) is 0 Å². The third kappa shape index (κ3) is 44.8. The fourth-order valence-electron chi connectivity index (χ4n) is 7.18. The summed E-state index contributed by atoms with van der Waals surface area (Å²) in [6.07, 6.45) is 51.8. The van der Waals surface area contributed by atoms with Crippen molar-refractivity contribution in [1.82, 2.24) is 0 Å². The maximum Gasteiger partial charge on any atom is 0.306 e. The van der Waals surface area contributed by atoms with E-state index in [2.05, 4.69) is 45.1 Å². The molecule has 334 valence electrons. The number of carbonyl (C=O) groups is 3. The van der Waals surface area contributed by atoms with Crippen molar-refractivity contribution in [2.45, 2.75) is 271 Å². The summed E-state index contributed by atoms with van der Waals surface area (Å²) in [5, 5.41) is 0. The van der Waals surface area contributed by atoms with Gasteiger partial charge in [0.1, 0.15) is 13.2 Å². The molecule has 0 bridgehead atoms. The Morgan fingerprint density at radius 3 is 0.965 bits per heavy atom. The summed E-state index contributed by atoms with van der Waals surface area (Å²) in [6.45, 7) is 6.59. The Morgan fingerprint density at radius 2 is 0.632 bits per heavy atom. The molecule has 0 N–H and O–H groups in total. The first-order valence-corrected chi connectivity index (χ1v) is 24.8. The molecule has 0 aliphatic rings. The second-order valence-electron chi connectivity index (χ2n) is 16.7. The topological polar surface area (TPSA) is 78.9 Å². The summed E-state index contributed by atoms with van der Waals surface area (Å²) in [5.41, 5.74) is 0. The van der Waals surface area contributed by atoms with E-state index in [0.717, 1.165) is 64.2 Å². The first kappa shape index (κ1) is 54.9. The molecule has 6 nitrogen and oxygen atoms in total. The zero-order chi connectivity index (χ0) is 41.5. The van der Waals surface area contributed by atoms with Gasteiger partial charge in [-0.3, -0.25) is 14.4 Å². The maximum absolute atomic E-state index is 12.7. The van der Waals surface area contributed by atoms with Crippen LogP contribution in [0.5, 0.6) is 0 Å². The van der Waals surface area contributed by atoms with Crippen molar-refractivity contribution in [2.75, 3.05) is 13.2 Å². The highest BCUT2D eigenvalue weighted by Crippen LogP contribution is 2.15. The fraction of sp³-hybridized carbons (Fsp3) is 0.863. The van der Waals surface area contributed by atoms with Gasteiger partial charge in [-0.05, 0) is 51.4 Å². The number of carbonyl (C=O) groups excluding carboxylic acids is 3. The molecule has 0 aromatic carbocycles. The van der Waals surface area contributed by atoms with Gasteiger partial charge in [-0.15, -0.1) is 0 Å². The summed E-state index contributed by atoms with van der Waals surface area (Å²) in [4.78, 5) is 37.7. The lowest BCUT2D eigenvalue weighted by molar-refractivity contribution is -0.167. The lowest BCUT2D eigenvalue weighted by atomic mass is 10.1. The lowest BCUT2D eigenvalue weighted by Crippen LogP contribution is -2.30. The molecular weight excluding hydrogens is 709 g/mol. The summed E-state index contributed by atoms with van der Waals surface area (Å²) in [6, 6.07) is 0. The highest BCUT2D eigenvalue weighted by Gasteiger charge is 2.19. The molecular formula is C51H94O6. The van der Waals surface area contributed by atoms with Gasteiger partial charge >= 0.3 is 17.9 Å². The quantitative estimate of drug-likeness (QED) is 0.0264. The maximum atomic E-state index is 12.7. The van der Waals surface area contributed by atoms with Crippen LogP contribution in [-0.4, -0.2) is 37.2 Å². The summed E-state index contributed by atoms with van der Waals surface area (Å²) in [5.74, 6) is -0.872. The number of esters is 3. The molecule has 6 heteroatoms. The Balaban J connectivity index is 4.17. The van der Waals surface area contributed by atoms with Gasteiger partial charge in [0.15, 0.2) is 6.10 Å². The van der Waals surface area contributed by atoms with Gasteiger partial charge in [-0.25, -0.2) is 0 Å². The first-order chi connectivity index (χ1) is 28.0. The molecule has 1 unspecified atom stereocenters. The van der Waals surface area contributed by atoms with Crippen LogP contribution >= 0.6 is 0 Å². The van der Waals surface area contributed by atoms with Crippen LogP contribution in [0.1, 0.15) is 265 Å². The van der Waals surface area contributed by atoms with Crippen molar-refractivity contribution < 1.29 is 28.6 Å². The number of hydrogen-bond acceptors (Lipinski definition) is 6. The Kier molecular flexibility index (Phi) is 44.9. The molecule has 0 aromatic rings. The monoisotopic (exact) mass is 803 g/mol. The Bertz CT molecular complexity index is 927. The van der Waals surface area contributed by atoms with Crippen LogP contribution in [-0.2, 0) is 28.6 Å². The number of allylic oxidation sites excluding steroid dienone is 4. The molecule has 1 atom stereocenters. The van der Waals surface area contributed by atoms with E-state index in [9.17, 15) is 14.4 Å². The average Bonchev–Trinajstić information content (AvgIpc) is 3.21. The van der Waals surface area contributed by atoms with E-state index < -0.39 is 6.10 Å². The van der Waals surface area contributed by atoms with Crippen LogP contribution in [0.2, 0.25) is 0 Å². The minimum Gasteiger partial charge on any atom is -0.462 e. The number of rotatable bonds is 45. The molecule has 0 saturated heterocycles. The van der Waals surface area contributed by atoms with Crippen LogP contribution in [0.15, 0.2) is 24.3 Å². The number of unbranched alkanes of at least 4 members (excludes halogenated alkanes) is 30. The zero-order valence-electron chi connectivity index (χ0n) is 38.1. The lowest BCUT2D eigenvalue weighted by Gasteiger charge is -2.18. The van der Waals surface area contributed by atoms with E-state index >= 15 is 0 Å². The largest absolute Gasteiger partial charge is 0.462 e. The van der Waals surface area contributed by atoms with Crippen LogP contribution in [0, 0.1) is 0 Å². The molecule has 0 aliphatic heterocycles. The molecule has 0 aromatic heterocycles. The zero-order valence-corrected chi connectivity index (χ0v) is 38.1. The van der Waals surface area contributed by atoms with Gasteiger partial charge in [-0.1, -0.05) is 218 Å². The summed E-state index contributed by atoms with van der Waals surface area (Å²) in [7, 11) is 0. The Hall–Kier alpha value is -2.11. The first-order valence-electron chi connectivity index (χ1n) is 24.8. The highest BCUT2D eigenvalue weighted by molar-refractivity contribution is 5.71. The van der Waals surface area contributed by atoms with Crippen LogP contribution in [0.25, 0.3) is 0 Å². The molecule has 0 spiro atoms. The van der Waals surface area contributed by atoms with Gasteiger partial charge in [0.05, 0.1) is 0 Å². The van der Waals surface area contributed by atoms with Gasteiger partial charge in [0, 0.05) is 19.3 Å². The molecule has 0 aliphatic carbocycles. The normalized spacial score (nSPS) is 12.1. The average molecular weight is 803 g/mol. The molecule has 0 rings (SSSR count). The number of ether oxygens (including phenoxy) is 3. The summed E-state index contributed by atoms with van der Waals surface area (Å²) < 4.78 is 16.7. The minimum absolute atomic E-state index is 0.0692. The van der Waals surface area contributed by atoms with Crippen molar-refractivity contribution in [1.29, 1.82) is 0 Å². The molecule has 0 saturated carbocycles. The van der Waals surface area contributed by atoms with E-state index in [1.807, 2.05) is 0 Å². The molecule has 0 fully saturated rings.